The van der Waals surface area contributed by atoms with E-state index in [2.05, 4.69) is 10.5 Å². The number of benzene rings is 3. The number of hydrazone groups is 1. The first-order chi connectivity index (χ1) is 13.6. The van der Waals surface area contributed by atoms with E-state index >= 15 is 0 Å². The normalized spacial score (nSPS) is 10.8. The maximum absolute atomic E-state index is 13.0. The highest BCUT2D eigenvalue weighted by Crippen LogP contribution is 2.29. The maximum atomic E-state index is 13.0. The van der Waals surface area contributed by atoms with Crippen LogP contribution in [0.1, 0.15) is 18.1 Å². The summed E-state index contributed by atoms with van der Waals surface area (Å²) in [6.45, 7) is 2.74. The SMILES string of the molecule is CCOc1cc(C=NNc2cccc(Cl)c2)ccc1OCc1ccc(F)cc1. The minimum Gasteiger partial charge on any atom is -0.490 e. The molecule has 0 saturated heterocycles. The van der Waals surface area contributed by atoms with Gasteiger partial charge in [0.2, 0.25) is 0 Å². The van der Waals surface area contributed by atoms with Gasteiger partial charge in [0, 0.05) is 5.02 Å². The third-order valence-electron chi connectivity index (χ3n) is 3.81. The minimum absolute atomic E-state index is 0.270. The molecule has 0 aromatic heterocycles. The molecule has 3 rings (SSSR count). The zero-order valence-corrected chi connectivity index (χ0v) is 16.1. The Kier molecular flexibility index (Phi) is 6.87. The third-order valence-corrected chi connectivity index (χ3v) is 4.04. The molecule has 0 atom stereocenters. The molecule has 0 unspecified atom stereocenters. The van der Waals surface area contributed by atoms with Gasteiger partial charge in [0.15, 0.2) is 11.5 Å². The van der Waals surface area contributed by atoms with Crippen LogP contribution in [0.4, 0.5) is 10.1 Å². The molecule has 0 saturated carbocycles. The molecule has 3 aromatic rings. The fourth-order valence-electron chi connectivity index (χ4n) is 2.47. The molecule has 0 radical (unpaired) electrons. The van der Waals surface area contributed by atoms with E-state index in [4.69, 9.17) is 21.1 Å². The number of anilines is 1. The van der Waals surface area contributed by atoms with Crippen molar-refractivity contribution in [1.29, 1.82) is 0 Å². The number of hydrogen-bond acceptors (Lipinski definition) is 4. The van der Waals surface area contributed by atoms with E-state index in [9.17, 15) is 4.39 Å². The van der Waals surface area contributed by atoms with Gasteiger partial charge in [-0.3, -0.25) is 5.43 Å². The summed E-state index contributed by atoms with van der Waals surface area (Å²) >= 11 is 5.95. The summed E-state index contributed by atoms with van der Waals surface area (Å²) in [5.74, 6) is 0.969. The number of hydrogen-bond donors (Lipinski definition) is 1. The molecule has 144 valence electrons. The Morgan fingerprint density at radius 3 is 2.57 bits per heavy atom. The number of ether oxygens (including phenoxy) is 2. The first kappa shape index (κ1) is 19.7. The summed E-state index contributed by atoms with van der Waals surface area (Å²) in [6, 6.07) is 19.1. The molecule has 0 aliphatic heterocycles. The van der Waals surface area contributed by atoms with Gasteiger partial charge in [0.25, 0.3) is 0 Å². The lowest BCUT2D eigenvalue weighted by molar-refractivity contribution is 0.269. The van der Waals surface area contributed by atoms with Crippen LogP contribution in [-0.2, 0) is 6.61 Å². The van der Waals surface area contributed by atoms with Gasteiger partial charge in [-0.15, -0.1) is 0 Å². The zero-order chi connectivity index (χ0) is 19.8. The lowest BCUT2D eigenvalue weighted by atomic mass is 10.2. The van der Waals surface area contributed by atoms with Crippen LogP contribution in [0.2, 0.25) is 5.02 Å². The van der Waals surface area contributed by atoms with Gasteiger partial charge in [-0.05, 0) is 66.6 Å². The Hall–Kier alpha value is -3.05. The van der Waals surface area contributed by atoms with Crippen molar-refractivity contribution >= 4 is 23.5 Å². The highest BCUT2D eigenvalue weighted by atomic mass is 35.5. The van der Waals surface area contributed by atoms with E-state index in [1.807, 2.05) is 37.3 Å². The second kappa shape index (κ2) is 9.76. The van der Waals surface area contributed by atoms with Crippen LogP contribution >= 0.6 is 11.6 Å². The minimum atomic E-state index is -0.270. The van der Waals surface area contributed by atoms with E-state index in [-0.39, 0.29) is 5.82 Å². The molecule has 0 heterocycles. The molecule has 28 heavy (non-hydrogen) atoms. The molecular weight excluding hydrogens is 379 g/mol. The first-order valence-corrected chi connectivity index (χ1v) is 9.20. The van der Waals surface area contributed by atoms with Gasteiger partial charge in [-0.1, -0.05) is 29.8 Å². The maximum Gasteiger partial charge on any atom is 0.161 e. The van der Waals surface area contributed by atoms with Crippen LogP contribution in [0.3, 0.4) is 0 Å². The Balaban J connectivity index is 1.67. The summed E-state index contributed by atoms with van der Waals surface area (Å²) in [6.07, 6.45) is 1.69. The Morgan fingerprint density at radius 1 is 1.00 bits per heavy atom. The van der Waals surface area contributed by atoms with Crippen molar-refractivity contribution in [3.05, 3.63) is 88.7 Å². The van der Waals surface area contributed by atoms with E-state index in [1.165, 1.54) is 12.1 Å². The van der Waals surface area contributed by atoms with Crippen LogP contribution in [0, 0.1) is 5.82 Å². The summed E-state index contributed by atoms with van der Waals surface area (Å²) in [7, 11) is 0. The summed E-state index contributed by atoms with van der Waals surface area (Å²) in [4.78, 5) is 0. The van der Waals surface area contributed by atoms with E-state index in [0.717, 1.165) is 16.8 Å². The van der Waals surface area contributed by atoms with Crippen molar-refractivity contribution in [3.63, 3.8) is 0 Å². The molecule has 0 spiro atoms. The summed E-state index contributed by atoms with van der Waals surface area (Å²) in [5, 5.41) is 4.86. The van der Waals surface area contributed by atoms with Crippen molar-refractivity contribution in [2.24, 2.45) is 5.10 Å². The average molecular weight is 399 g/mol. The molecule has 4 nitrogen and oxygen atoms in total. The van der Waals surface area contributed by atoms with Crippen molar-refractivity contribution in [1.82, 2.24) is 0 Å². The average Bonchev–Trinajstić information content (AvgIpc) is 2.69. The Bertz CT molecular complexity index is 946. The number of nitrogens with zero attached hydrogens (tertiary/aromatic N) is 1. The second-order valence-electron chi connectivity index (χ2n) is 5.93. The smallest absolute Gasteiger partial charge is 0.161 e. The molecule has 0 fully saturated rings. The van der Waals surface area contributed by atoms with Crippen molar-refractivity contribution in [3.8, 4) is 11.5 Å². The van der Waals surface area contributed by atoms with Crippen molar-refractivity contribution in [2.75, 3.05) is 12.0 Å². The quantitative estimate of drug-likeness (QED) is 0.379. The van der Waals surface area contributed by atoms with Gasteiger partial charge in [-0.2, -0.15) is 5.10 Å². The lowest BCUT2D eigenvalue weighted by Crippen LogP contribution is -2.00. The fraction of sp³-hybridized carbons (Fsp3) is 0.136. The van der Waals surface area contributed by atoms with Crippen LogP contribution in [0.25, 0.3) is 0 Å². The highest BCUT2D eigenvalue weighted by molar-refractivity contribution is 6.30. The van der Waals surface area contributed by atoms with Crippen LogP contribution in [0.15, 0.2) is 71.8 Å². The largest absolute Gasteiger partial charge is 0.490 e. The van der Waals surface area contributed by atoms with Gasteiger partial charge in [0.05, 0.1) is 18.5 Å². The molecule has 0 amide bonds. The van der Waals surface area contributed by atoms with Crippen molar-refractivity contribution < 1.29 is 13.9 Å². The predicted molar refractivity (Wildman–Crippen MR) is 111 cm³/mol. The number of nitrogens with one attached hydrogen (secondary N) is 1. The molecule has 0 aliphatic carbocycles. The van der Waals surface area contributed by atoms with Gasteiger partial charge >= 0.3 is 0 Å². The molecule has 6 heteroatoms. The molecule has 0 bridgehead atoms. The summed E-state index contributed by atoms with van der Waals surface area (Å²) in [5.41, 5.74) is 5.46. The number of rotatable bonds is 8. The first-order valence-electron chi connectivity index (χ1n) is 8.83. The van der Waals surface area contributed by atoms with Gasteiger partial charge in [0.1, 0.15) is 12.4 Å². The predicted octanol–water partition coefficient (Wildman–Crippen LogP) is 5.90. The third kappa shape index (κ3) is 5.72. The summed E-state index contributed by atoms with van der Waals surface area (Å²) < 4.78 is 24.5. The van der Waals surface area contributed by atoms with Gasteiger partial charge in [-0.25, -0.2) is 4.39 Å². The lowest BCUT2D eigenvalue weighted by Gasteiger charge is -2.12. The molecular formula is C22H20ClFN2O2. The van der Waals surface area contributed by atoms with E-state index in [0.29, 0.717) is 29.7 Å². The molecule has 0 aliphatic rings. The van der Waals surface area contributed by atoms with Crippen LogP contribution < -0.4 is 14.9 Å². The zero-order valence-electron chi connectivity index (χ0n) is 15.4. The van der Waals surface area contributed by atoms with Crippen LogP contribution in [0.5, 0.6) is 11.5 Å². The van der Waals surface area contributed by atoms with Gasteiger partial charge < -0.3 is 9.47 Å². The van der Waals surface area contributed by atoms with Crippen molar-refractivity contribution in [2.45, 2.75) is 13.5 Å². The Morgan fingerprint density at radius 2 is 1.82 bits per heavy atom. The second-order valence-corrected chi connectivity index (χ2v) is 6.37. The van der Waals surface area contributed by atoms with E-state index in [1.54, 1.807) is 30.5 Å². The Labute approximate surface area is 168 Å². The topological polar surface area (TPSA) is 42.8 Å². The molecule has 1 N–H and O–H groups in total. The standard InChI is InChI=1S/C22H20ClFN2O2/c1-2-27-22-12-17(14-25-26-20-5-3-4-18(23)13-20)8-11-21(22)28-15-16-6-9-19(24)10-7-16/h3-14,26H,2,15H2,1H3. The fourth-order valence-corrected chi connectivity index (χ4v) is 2.66. The highest BCUT2D eigenvalue weighted by Gasteiger charge is 2.07. The molecule has 3 aromatic carbocycles. The monoisotopic (exact) mass is 398 g/mol. The van der Waals surface area contributed by atoms with Crippen LogP contribution in [-0.4, -0.2) is 12.8 Å². The number of halogens is 2. The van der Waals surface area contributed by atoms with E-state index < -0.39 is 0 Å².